The third-order valence-electron chi connectivity index (χ3n) is 2.11. The van der Waals surface area contributed by atoms with Gasteiger partial charge in [0, 0.05) is 10.8 Å². The van der Waals surface area contributed by atoms with Crippen molar-refractivity contribution in [2.45, 2.75) is 30.1 Å². The van der Waals surface area contributed by atoms with Crippen LogP contribution in [-0.2, 0) is 4.74 Å². The smallest absolute Gasteiger partial charge is 0.131 e. The summed E-state index contributed by atoms with van der Waals surface area (Å²) in [6, 6.07) is 0. The molecule has 5 heteroatoms. The average Bonchev–Trinajstić information content (AvgIpc) is 1.56. The van der Waals surface area contributed by atoms with Gasteiger partial charge in [0.15, 0.2) is 0 Å². The molecule has 0 bridgehead atoms. The normalized spacial score (nSPS) is 29.6. The first kappa shape index (κ1) is 8.32. The van der Waals surface area contributed by atoms with E-state index in [-0.39, 0.29) is 10.8 Å². The molecule has 10 heavy (non-hydrogen) atoms. The molecule has 1 heterocycles. The van der Waals surface area contributed by atoms with Crippen LogP contribution in [0.1, 0.15) is 19.3 Å². The van der Waals surface area contributed by atoms with E-state index in [0.717, 1.165) is 0 Å². The van der Waals surface area contributed by atoms with Crippen LogP contribution in [0.4, 0.5) is 0 Å². The summed E-state index contributed by atoms with van der Waals surface area (Å²) in [6.07, 6.45) is 3.72. The Hall–Kier alpha value is 0.220. The molecule has 0 aromatic carbocycles. The Labute approximate surface area is 66.9 Å². The van der Waals surface area contributed by atoms with Gasteiger partial charge < -0.3 is 4.74 Å². The van der Waals surface area contributed by atoms with Gasteiger partial charge in [-0.05, 0) is 12.8 Å². The predicted molar refractivity (Wildman–Crippen MR) is 54.6 cm³/mol. The molecule has 1 aliphatic rings. The van der Waals surface area contributed by atoms with Crippen LogP contribution < -0.4 is 0 Å². The minimum atomic E-state index is 0.113. The summed E-state index contributed by atoms with van der Waals surface area (Å²) < 4.78 is 5.86. The number of hydrogen-bond acceptors (Lipinski definition) is 1. The second-order valence-corrected chi connectivity index (χ2v) is 4.48. The third kappa shape index (κ3) is 2.12. The molecule has 1 saturated heterocycles. The van der Waals surface area contributed by atoms with Crippen molar-refractivity contribution in [3.05, 3.63) is 0 Å². The van der Waals surface area contributed by atoms with Crippen LogP contribution in [-0.4, -0.2) is 42.2 Å². The highest BCUT2D eigenvalue weighted by molar-refractivity contribution is 6.42. The quantitative estimate of drug-likeness (QED) is 0.321. The summed E-state index contributed by atoms with van der Waals surface area (Å²) in [7, 11) is 8.70. The predicted octanol–water partition coefficient (Wildman–Crippen LogP) is -2.97. The third-order valence-corrected chi connectivity index (χ3v) is 2.11. The van der Waals surface area contributed by atoms with Crippen molar-refractivity contribution >= 4 is 31.4 Å². The summed E-state index contributed by atoms with van der Waals surface area (Å²) in [5.41, 5.74) is 0. The van der Waals surface area contributed by atoms with E-state index in [2.05, 4.69) is 31.4 Å². The van der Waals surface area contributed by atoms with Crippen LogP contribution in [0.15, 0.2) is 0 Å². The monoisotopic (exact) mass is 134 g/mol. The molecule has 0 aliphatic carbocycles. The molecule has 0 aromatic rings. The van der Waals surface area contributed by atoms with Gasteiger partial charge in [0.05, 0.1) is 0 Å². The Morgan fingerprint density at radius 3 is 1.50 bits per heavy atom. The van der Waals surface area contributed by atoms with Crippen molar-refractivity contribution in [1.29, 1.82) is 0 Å². The molecule has 0 saturated carbocycles. The van der Waals surface area contributed by atoms with E-state index >= 15 is 0 Å². The van der Waals surface area contributed by atoms with Gasteiger partial charge in [0.25, 0.3) is 0 Å². The van der Waals surface area contributed by atoms with Crippen molar-refractivity contribution in [2.75, 3.05) is 0 Å². The standard InChI is InChI=1S/C5H14B4O/c6-4(7)2-1-3-5(8,9)10-4/h1-3,6-9H2. The Morgan fingerprint density at radius 2 is 1.30 bits per heavy atom. The van der Waals surface area contributed by atoms with E-state index in [4.69, 9.17) is 4.74 Å². The number of ether oxygens (including phenoxy) is 1. The van der Waals surface area contributed by atoms with Gasteiger partial charge >= 0.3 is 0 Å². The Balaban J connectivity index is 2.56. The van der Waals surface area contributed by atoms with Crippen molar-refractivity contribution in [2.24, 2.45) is 0 Å². The van der Waals surface area contributed by atoms with Crippen molar-refractivity contribution in [3.63, 3.8) is 0 Å². The second kappa shape index (κ2) is 2.37. The topological polar surface area (TPSA) is 9.23 Å². The van der Waals surface area contributed by atoms with E-state index in [1.165, 1.54) is 19.3 Å². The summed E-state index contributed by atoms with van der Waals surface area (Å²) in [6.45, 7) is 0. The summed E-state index contributed by atoms with van der Waals surface area (Å²) in [5, 5.41) is 0.226. The van der Waals surface area contributed by atoms with E-state index in [1.54, 1.807) is 0 Å². The van der Waals surface area contributed by atoms with Crippen LogP contribution in [0.5, 0.6) is 0 Å². The van der Waals surface area contributed by atoms with Crippen LogP contribution in [0.2, 0.25) is 0 Å². The fourth-order valence-corrected chi connectivity index (χ4v) is 1.79. The highest BCUT2D eigenvalue weighted by atomic mass is 16.5. The number of hydrogen-bond donors (Lipinski definition) is 0. The van der Waals surface area contributed by atoms with Gasteiger partial charge in [0.1, 0.15) is 31.4 Å². The van der Waals surface area contributed by atoms with E-state index in [0.29, 0.717) is 0 Å². The van der Waals surface area contributed by atoms with E-state index in [9.17, 15) is 0 Å². The first-order valence-electron chi connectivity index (χ1n) is 4.12. The molecule has 1 rings (SSSR count). The van der Waals surface area contributed by atoms with Gasteiger partial charge in [-0.1, -0.05) is 6.42 Å². The molecule has 0 amide bonds. The molecular formula is C5H14B4O. The average molecular weight is 133 g/mol. The van der Waals surface area contributed by atoms with Crippen molar-refractivity contribution < 1.29 is 4.74 Å². The lowest BCUT2D eigenvalue weighted by atomic mass is 9.54. The maximum absolute atomic E-state index is 5.86. The first-order valence-corrected chi connectivity index (χ1v) is 4.12. The fraction of sp³-hybridized carbons (Fsp3) is 1.00. The zero-order chi connectivity index (χ0) is 7.83. The molecule has 0 N–H and O–H groups in total. The first-order chi connectivity index (χ1) is 4.41. The minimum Gasteiger partial charge on any atom is -0.404 e. The molecule has 1 nitrogen and oxygen atoms in total. The molecular weight excluding hydrogens is 119 g/mol. The highest BCUT2D eigenvalue weighted by Crippen LogP contribution is 2.27. The Kier molecular flexibility index (Phi) is 1.97. The zero-order valence-electron chi connectivity index (χ0n) is 7.53. The van der Waals surface area contributed by atoms with Crippen LogP contribution in [0.3, 0.4) is 0 Å². The van der Waals surface area contributed by atoms with Crippen molar-refractivity contribution in [3.8, 4) is 0 Å². The molecule has 0 spiro atoms. The minimum absolute atomic E-state index is 0.113. The molecule has 0 atom stereocenters. The Morgan fingerprint density at radius 1 is 0.900 bits per heavy atom. The maximum atomic E-state index is 5.86. The molecule has 1 fully saturated rings. The molecule has 1 aliphatic heterocycles. The van der Waals surface area contributed by atoms with Gasteiger partial charge in [-0.3, -0.25) is 0 Å². The van der Waals surface area contributed by atoms with Gasteiger partial charge in [-0.15, -0.1) is 0 Å². The van der Waals surface area contributed by atoms with E-state index < -0.39 is 0 Å². The summed E-state index contributed by atoms with van der Waals surface area (Å²) >= 11 is 0. The van der Waals surface area contributed by atoms with Crippen LogP contribution in [0.25, 0.3) is 0 Å². The van der Waals surface area contributed by atoms with Gasteiger partial charge in [-0.25, -0.2) is 0 Å². The van der Waals surface area contributed by atoms with Gasteiger partial charge in [0.2, 0.25) is 0 Å². The zero-order valence-corrected chi connectivity index (χ0v) is 7.53. The lowest BCUT2D eigenvalue weighted by Crippen LogP contribution is -2.50. The Bertz CT molecular complexity index is 120. The lowest BCUT2D eigenvalue weighted by molar-refractivity contribution is -0.0135. The molecule has 52 valence electrons. The largest absolute Gasteiger partial charge is 0.404 e. The SMILES string of the molecule is BC1(B)CCCC(B)(B)O1. The summed E-state index contributed by atoms with van der Waals surface area (Å²) in [4.78, 5) is 0. The lowest BCUT2D eigenvalue weighted by Gasteiger charge is -2.42. The molecule has 0 radical (unpaired) electrons. The highest BCUT2D eigenvalue weighted by Gasteiger charge is 2.32. The van der Waals surface area contributed by atoms with E-state index in [1.807, 2.05) is 0 Å². The van der Waals surface area contributed by atoms with Crippen LogP contribution >= 0.6 is 0 Å². The summed E-state index contributed by atoms with van der Waals surface area (Å²) in [5.74, 6) is 0. The number of rotatable bonds is 0. The van der Waals surface area contributed by atoms with Crippen molar-refractivity contribution in [1.82, 2.24) is 0 Å². The van der Waals surface area contributed by atoms with Crippen LogP contribution in [0, 0.1) is 0 Å². The van der Waals surface area contributed by atoms with Gasteiger partial charge in [-0.2, -0.15) is 0 Å². The fourth-order valence-electron chi connectivity index (χ4n) is 1.79. The second-order valence-electron chi connectivity index (χ2n) is 4.48. The molecule has 0 unspecified atom stereocenters. The maximum Gasteiger partial charge on any atom is 0.131 e. The molecule has 0 aromatic heterocycles.